The van der Waals surface area contributed by atoms with Gasteiger partial charge in [0.2, 0.25) is 11.7 Å². The minimum absolute atomic E-state index is 0.0241. The highest BCUT2D eigenvalue weighted by atomic mass is 35.5. The number of aromatic nitrogens is 1. The van der Waals surface area contributed by atoms with Crippen molar-refractivity contribution >= 4 is 29.3 Å². The van der Waals surface area contributed by atoms with E-state index in [0.717, 1.165) is 18.9 Å². The number of oxazole rings is 1. The fraction of sp³-hybridized carbons (Fsp3) is 0.478. The van der Waals surface area contributed by atoms with Crippen molar-refractivity contribution < 1.29 is 27.9 Å². The molecule has 0 saturated carbocycles. The smallest absolute Gasteiger partial charge is 0.288 e. The van der Waals surface area contributed by atoms with Crippen LogP contribution < -0.4 is 15.4 Å². The number of nitrogens with one attached hydrogen (secondary N) is 2. The molecule has 0 aliphatic carbocycles. The molecular weight excluding hydrogens is 467 g/mol. The first-order valence-electron chi connectivity index (χ1n) is 11.1. The second-order valence-corrected chi connectivity index (χ2v) is 8.63. The lowest BCUT2D eigenvalue weighted by Gasteiger charge is -2.29. The molecule has 1 aromatic heterocycles. The molecule has 0 radical (unpaired) electrons. The molecule has 34 heavy (non-hydrogen) atoms. The molecule has 2 N–H and O–H groups in total. The predicted molar refractivity (Wildman–Crippen MR) is 122 cm³/mol. The molecule has 1 atom stereocenters. The lowest BCUT2D eigenvalue weighted by molar-refractivity contribution is -0.130. The Balaban J connectivity index is 1.35. The van der Waals surface area contributed by atoms with Gasteiger partial charge in [0, 0.05) is 44.6 Å². The number of nitrogens with zero attached hydrogens (tertiary/aromatic N) is 2. The zero-order valence-electron chi connectivity index (χ0n) is 19.1. The molecule has 2 heterocycles. The molecule has 1 fully saturated rings. The zero-order valence-corrected chi connectivity index (χ0v) is 19.9. The molecule has 1 aromatic carbocycles. The summed E-state index contributed by atoms with van der Waals surface area (Å²) in [7, 11) is 0. The summed E-state index contributed by atoms with van der Waals surface area (Å²) in [6.07, 6.45) is 3.38. The van der Waals surface area contributed by atoms with E-state index in [0.29, 0.717) is 31.9 Å². The minimum Gasteiger partial charge on any atom is -0.484 e. The molecule has 1 aliphatic rings. The van der Waals surface area contributed by atoms with Crippen molar-refractivity contribution in [2.75, 3.05) is 26.2 Å². The molecule has 184 valence electrons. The number of ether oxygens (including phenoxy) is 1. The predicted octanol–water partition coefficient (Wildman–Crippen LogP) is 2.90. The fourth-order valence-corrected chi connectivity index (χ4v) is 3.73. The van der Waals surface area contributed by atoms with Crippen LogP contribution in [-0.4, -0.2) is 59.9 Å². The number of carbonyl (C=O) groups excluding carboxylic acids is 3. The van der Waals surface area contributed by atoms with E-state index in [1.165, 1.54) is 18.3 Å². The number of halogens is 2. The highest BCUT2D eigenvalue weighted by Crippen LogP contribution is 2.27. The van der Waals surface area contributed by atoms with Crippen LogP contribution in [0.2, 0.25) is 5.02 Å². The summed E-state index contributed by atoms with van der Waals surface area (Å²) < 4.78 is 24.3. The van der Waals surface area contributed by atoms with Gasteiger partial charge in [0.25, 0.3) is 11.8 Å². The van der Waals surface area contributed by atoms with Crippen molar-refractivity contribution in [3.8, 4) is 5.75 Å². The number of benzene rings is 1. The highest BCUT2D eigenvalue weighted by molar-refractivity contribution is 6.30. The third kappa shape index (κ3) is 7.18. The SMILES string of the molecule is CC(=O)N1CCC(c2ncc(C(=O)NCCC(C)NC(=O)COc3ccc(Cl)c(F)c3)o2)CC1. The van der Waals surface area contributed by atoms with Crippen LogP contribution in [0.1, 0.15) is 55.5 Å². The summed E-state index contributed by atoms with van der Waals surface area (Å²) >= 11 is 5.61. The standard InChI is InChI=1S/C23H28ClFN4O5/c1-14(28-21(31)13-33-17-3-4-18(24)19(25)11-17)5-8-26-22(32)20-12-27-23(34-20)16-6-9-29(10-7-16)15(2)30/h3-4,11-12,14,16H,5-10,13H2,1-2H3,(H,26,32)(H,28,31). The summed E-state index contributed by atoms with van der Waals surface area (Å²) in [5, 5.41) is 5.47. The molecule has 2 aromatic rings. The maximum atomic E-state index is 13.4. The molecule has 1 unspecified atom stereocenters. The average Bonchev–Trinajstić information content (AvgIpc) is 3.30. The number of piperidine rings is 1. The Morgan fingerprint density at radius 2 is 2.06 bits per heavy atom. The van der Waals surface area contributed by atoms with E-state index in [9.17, 15) is 18.8 Å². The fourth-order valence-electron chi connectivity index (χ4n) is 3.62. The van der Waals surface area contributed by atoms with Crippen LogP contribution in [0.3, 0.4) is 0 Å². The van der Waals surface area contributed by atoms with Crippen LogP contribution in [0.25, 0.3) is 0 Å². The molecule has 9 nitrogen and oxygen atoms in total. The van der Waals surface area contributed by atoms with Crippen molar-refractivity contribution in [1.29, 1.82) is 0 Å². The van der Waals surface area contributed by atoms with Crippen LogP contribution in [0, 0.1) is 5.82 Å². The number of likely N-dealkylation sites (tertiary alicyclic amines) is 1. The first-order valence-corrected chi connectivity index (χ1v) is 11.5. The van der Waals surface area contributed by atoms with Crippen molar-refractivity contribution in [3.05, 3.63) is 46.9 Å². The lowest BCUT2D eigenvalue weighted by atomic mass is 9.97. The highest BCUT2D eigenvalue weighted by Gasteiger charge is 2.26. The molecule has 1 saturated heterocycles. The van der Waals surface area contributed by atoms with Crippen LogP contribution >= 0.6 is 11.6 Å². The van der Waals surface area contributed by atoms with Gasteiger partial charge in [-0.2, -0.15) is 0 Å². The summed E-state index contributed by atoms with van der Waals surface area (Å²) in [6, 6.07) is 3.71. The van der Waals surface area contributed by atoms with Gasteiger partial charge in [-0.15, -0.1) is 0 Å². The Labute approximate surface area is 202 Å². The van der Waals surface area contributed by atoms with Gasteiger partial charge in [-0.25, -0.2) is 9.37 Å². The van der Waals surface area contributed by atoms with Crippen molar-refractivity contribution in [3.63, 3.8) is 0 Å². The first-order chi connectivity index (χ1) is 16.2. The maximum absolute atomic E-state index is 13.4. The van der Waals surface area contributed by atoms with Crippen LogP contribution in [0.4, 0.5) is 4.39 Å². The molecule has 11 heteroatoms. The Bertz CT molecular complexity index is 1020. The van der Waals surface area contributed by atoms with Crippen LogP contribution in [0.15, 0.2) is 28.8 Å². The Morgan fingerprint density at radius 1 is 1.32 bits per heavy atom. The van der Waals surface area contributed by atoms with Crippen molar-refractivity contribution in [1.82, 2.24) is 20.5 Å². The van der Waals surface area contributed by atoms with Crippen LogP contribution in [-0.2, 0) is 9.59 Å². The van der Waals surface area contributed by atoms with E-state index in [4.69, 9.17) is 20.8 Å². The molecule has 3 rings (SSSR count). The summed E-state index contributed by atoms with van der Waals surface area (Å²) in [6.45, 7) is 4.69. The zero-order chi connectivity index (χ0) is 24.7. The maximum Gasteiger partial charge on any atom is 0.288 e. The van der Waals surface area contributed by atoms with Gasteiger partial charge < -0.3 is 24.7 Å². The molecule has 0 bridgehead atoms. The largest absolute Gasteiger partial charge is 0.484 e. The number of rotatable bonds is 9. The van der Waals surface area contributed by atoms with E-state index in [1.54, 1.807) is 18.7 Å². The second kappa shape index (κ2) is 11.8. The molecule has 3 amide bonds. The van der Waals surface area contributed by atoms with Crippen molar-refractivity contribution in [2.45, 2.75) is 45.1 Å². The molecule has 0 spiro atoms. The third-order valence-electron chi connectivity index (χ3n) is 5.57. The van der Waals surface area contributed by atoms with Gasteiger partial charge in [0.05, 0.1) is 11.2 Å². The lowest BCUT2D eigenvalue weighted by Crippen LogP contribution is -2.38. The summed E-state index contributed by atoms with van der Waals surface area (Å²) in [4.78, 5) is 41.8. The van der Waals surface area contributed by atoms with E-state index >= 15 is 0 Å². The Kier molecular flexibility index (Phi) is 8.86. The number of hydrogen-bond donors (Lipinski definition) is 2. The van der Waals surface area contributed by atoms with Crippen molar-refractivity contribution in [2.24, 2.45) is 0 Å². The minimum atomic E-state index is -0.624. The topological polar surface area (TPSA) is 114 Å². The normalized spacial score (nSPS) is 15.0. The Hall–Kier alpha value is -3.14. The van der Waals surface area contributed by atoms with Gasteiger partial charge in [0.1, 0.15) is 11.6 Å². The van der Waals surface area contributed by atoms with Gasteiger partial charge >= 0.3 is 0 Å². The van der Waals surface area contributed by atoms with E-state index in [2.05, 4.69) is 15.6 Å². The molecular formula is C23H28ClFN4O5. The van der Waals surface area contributed by atoms with Crippen LogP contribution in [0.5, 0.6) is 5.75 Å². The second-order valence-electron chi connectivity index (χ2n) is 8.22. The van der Waals surface area contributed by atoms with E-state index in [1.807, 2.05) is 0 Å². The summed E-state index contributed by atoms with van der Waals surface area (Å²) in [5.74, 6) is -0.399. The first kappa shape index (κ1) is 25.5. The van der Waals surface area contributed by atoms with Gasteiger partial charge in [-0.3, -0.25) is 14.4 Å². The van der Waals surface area contributed by atoms with E-state index < -0.39 is 5.82 Å². The quantitative estimate of drug-likeness (QED) is 0.554. The van der Waals surface area contributed by atoms with Gasteiger partial charge in [-0.1, -0.05) is 11.6 Å². The average molecular weight is 495 g/mol. The number of hydrogen-bond acceptors (Lipinski definition) is 6. The summed E-state index contributed by atoms with van der Waals surface area (Å²) in [5.41, 5.74) is 0. The Morgan fingerprint density at radius 3 is 2.74 bits per heavy atom. The number of amides is 3. The van der Waals surface area contributed by atoms with E-state index in [-0.39, 0.29) is 52.8 Å². The van der Waals surface area contributed by atoms with Gasteiger partial charge in [-0.05, 0) is 38.3 Å². The van der Waals surface area contributed by atoms with Gasteiger partial charge in [0.15, 0.2) is 12.5 Å². The third-order valence-corrected chi connectivity index (χ3v) is 5.87. The molecule has 1 aliphatic heterocycles. The number of carbonyl (C=O) groups is 3. The monoisotopic (exact) mass is 494 g/mol.